The second kappa shape index (κ2) is 6.87. The Bertz CT molecular complexity index is 463. The minimum absolute atomic E-state index is 0.0536. The van der Waals surface area contributed by atoms with Crippen molar-refractivity contribution in [1.82, 2.24) is 5.32 Å². The lowest BCUT2D eigenvalue weighted by atomic mass is 9.98. The highest BCUT2D eigenvalue weighted by Gasteiger charge is 2.23. The van der Waals surface area contributed by atoms with Crippen molar-refractivity contribution in [1.29, 1.82) is 0 Å². The number of carbonyl (C=O) groups excluding carboxylic acids is 2. The normalized spacial score (nSPS) is 13.6. The lowest BCUT2D eigenvalue weighted by Crippen LogP contribution is -2.48. The van der Waals surface area contributed by atoms with E-state index in [1.807, 2.05) is 13.8 Å². The van der Waals surface area contributed by atoms with Gasteiger partial charge in [-0.25, -0.2) is 4.39 Å². The van der Waals surface area contributed by atoms with E-state index in [4.69, 9.17) is 5.73 Å². The van der Waals surface area contributed by atoms with Crippen molar-refractivity contribution in [2.75, 3.05) is 0 Å². The van der Waals surface area contributed by atoms with Gasteiger partial charge in [-0.05, 0) is 17.5 Å². The average molecular weight is 266 g/mol. The number of rotatable bonds is 6. The third-order valence-corrected chi connectivity index (χ3v) is 3.14. The summed E-state index contributed by atoms with van der Waals surface area (Å²) < 4.78 is 13.4. The number of nitrogens with one attached hydrogen (secondary N) is 1. The Morgan fingerprint density at radius 2 is 2.00 bits per heavy atom. The Morgan fingerprint density at radius 3 is 2.53 bits per heavy atom. The molecule has 19 heavy (non-hydrogen) atoms. The molecule has 2 atom stereocenters. The molecular weight excluding hydrogens is 247 g/mol. The van der Waals surface area contributed by atoms with Crippen LogP contribution in [0.15, 0.2) is 24.3 Å². The highest BCUT2D eigenvalue weighted by atomic mass is 19.1. The second-order valence-corrected chi connectivity index (χ2v) is 4.60. The summed E-state index contributed by atoms with van der Waals surface area (Å²) in [6.07, 6.45) is 0.612. The molecule has 0 saturated heterocycles. The van der Waals surface area contributed by atoms with E-state index in [2.05, 4.69) is 5.32 Å². The van der Waals surface area contributed by atoms with Gasteiger partial charge in [-0.3, -0.25) is 9.59 Å². The number of nitrogens with two attached hydrogens (primary N) is 1. The summed E-state index contributed by atoms with van der Waals surface area (Å²) in [7, 11) is 0. The largest absolute Gasteiger partial charge is 0.368 e. The summed E-state index contributed by atoms with van der Waals surface area (Å²) in [5, 5.41) is 2.56. The standard InChI is InChI=1S/C14H19FN2O2/c1-3-9(2)13(14(16)19)17-12(18)8-10-6-4-5-7-11(10)15/h4-7,9,13H,3,8H2,1-2H3,(H2,16,19)(H,17,18). The molecule has 0 fully saturated rings. The third-order valence-electron chi connectivity index (χ3n) is 3.14. The summed E-state index contributed by atoms with van der Waals surface area (Å²) in [5.41, 5.74) is 5.56. The van der Waals surface area contributed by atoms with Crippen LogP contribution in [-0.2, 0) is 16.0 Å². The van der Waals surface area contributed by atoms with Crippen LogP contribution in [0, 0.1) is 11.7 Å². The van der Waals surface area contributed by atoms with E-state index in [0.29, 0.717) is 12.0 Å². The smallest absolute Gasteiger partial charge is 0.240 e. The Kier molecular flexibility index (Phi) is 5.48. The molecule has 0 aromatic heterocycles. The summed E-state index contributed by atoms with van der Waals surface area (Å²) in [6.45, 7) is 3.74. The van der Waals surface area contributed by atoms with Crippen molar-refractivity contribution in [2.45, 2.75) is 32.7 Å². The topological polar surface area (TPSA) is 72.2 Å². The Balaban J connectivity index is 2.68. The first-order valence-electron chi connectivity index (χ1n) is 6.27. The molecule has 1 rings (SSSR count). The highest BCUT2D eigenvalue weighted by molar-refractivity contribution is 5.87. The molecule has 0 heterocycles. The molecule has 1 aromatic rings. The Morgan fingerprint density at radius 1 is 1.37 bits per heavy atom. The van der Waals surface area contributed by atoms with Crippen molar-refractivity contribution in [3.63, 3.8) is 0 Å². The van der Waals surface area contributed by atoms with Crippen LogP contribution in [0.3, 0.4) is 0 Å². The molecule has 0 aliphatic rings. The molecule has 0 aliphatic carbocycles. The van der Waals surface area contributed by atoms with Crippen molar-refractivity contribution in [3.8, 4) is 0 Å². The number of amides is 2. The van der Waals surface area contributed by atoms with Crippen molar-refractivity contribution >= 4 is 11.8 Å². The molecule has 0 spiro atoms. The van der Waals surface area contributed by atoms with Gasteiger partial charge in [0.2, 0.25) is 11.8 Å². The zero-order valence-corrected chi connectivity index (χ0v) is 11.2. The number of carbonyl (C=O) groups is 2. The molecule has 2 unspecified atom stereocenters. The Labute approximate surface area is 112 Å². The van der Waals surface area contributed by atoms with Gasteiger partial charge in [0, 0.05) is 0 Å². The SMILES string of the molecule is CCC(C)C(NC(=O)Cc1ccccc1F)C(N)=O. The van der Waals surface area contributed by atoms with E-state index in [-0.39, 0.29) is 12.3 Å². The molecular formula is C14H19FN2O2. The first kappa shape index (κ1) is 15.1. The first-order valence-corrected chi connectivity index (χ1v) is 6.27. The molecule has 0 saturated carbocycles. The van der Waals surface area contributed by atoms with Crippen molar-refractivity contribution in [2.24, 2.45) is 11.7 Å². The molecule has 0 aliphatic heterocycles. The van der Waals surface area contributed by atoms with Gasteiger partial charge in [0.1, 0.15) is 11.9 Å². The van der Waals surface area contributed by atoms with E-state index in [0.717, 1.165) is 0 Å². The Hall–Kier alpha value is -1.91. The van der Waals surface area contributed by atoms with Gasteiger partial charge >= 0.3 is 0 Å². The molecule has 3 N–H and O–H groups in total. The van der Waals surface area contributed by atoms with Crippen LogP contribution in [-0.4, -0.2) is 17.9 Å². The van der Waals surface area contributed by atoms with Gasteiger partial charge < -0.3 is 11.1 Å². The van der Waals surface area contributed by atoms with Gasteiger partial charge in [0.05, 0.1) is 6.42 Å². The van der Waals surface area contributed by atoms with Gasteiger partial charge in [0.25, 0.3) is 0 Å². The zero-order chi connectivity index (χ0) is 14.4. The number of hydrogen-bond acceptors (Lipinski definition) is 2. The van der Waals surface area contributed by atoms with Crippen LogP contribution in [0.4, 0.5) is 4.39 Å². The van der Waals surface area contributed by atoms with E-state index >= 15 is 0 Å². The van der Waals surface area contributed by atoms with E-state index in [1.54, 1.807) is 12.1 Å². The predicted molar refractivity (Wildman–Crippen MR) is 70.7 cm³/mol. The molecule has 4 nitrogen and oxygen atoms in total. The third kappa shape index (κ3) is 4.35. The number of primary amides is 1. The van der Waals surface area contributed by atoms with Crippen LogP contribution >= 0.6 is 0 Å². The van der Waals surface area contributed by atoms with Crippen LogP contribution in [0.5, 0.6) is 0 Å². The van der Waals surface area contributed by atoms with Gasteiger partial charge in [-0.15, -0.1) is 0 Å². The maximum absolute atomic E-state index is 13.4. The predicted octanol–water partition coefficient (Wildman–Crippen LogP) is 1.38. The first-order chi connectivity index (χ1) is 8.95. The van der Waals surface area contributed by atoms with E-state index < -0.39 is 23.7 Å². The van der Waals surface area contributed by atoms with Crippen LogP contribution < -0.4 is 11.1 Å². The summed E-state index contributed by atoms with van der Waals surface area (Å²) in [4.78, 5) is 23.1. The minimum Gasteiger partial charge on any atom is -0.368 e. The fraction of sp³-hybridized carbons (Fsp3) is 0.429. The van der Waals surface area contributed by atoms with Gasteiger partial charge in [-0.2, -0.15) is 0 Å². The number of halogens is 1. The summed E-state index contributed by atoms with van der Waals surface area (Å²) in [5.74, 6) is -1.47. The quantitative estimate of drug-likeness (QED) is 0.816. The second-order valence-electron chi connectivity index (χ2n) is 4.60. The molecule has 2 amide bonds. The van der Waals surface area contributed by atoms with Crippen LogP contribution in [0.2, 0.25) is 0 Å². The molecule has 0 bridgehead atoms. The van der Waals surface area contributed by atoms with Gasteiger partial charge in [0.15, 0.2) is 0 Å². The fourth-order valence-electron chi connectivity index (χ4n) is 1.77. The van der Waals surface area contributed by atoms with Crippen LogP contribution in [0.1, 0.15) is 25.8 Å². The molecule has 104 valence electrons. The lowest BCUT2D eigenvalue weighted by Gasteiger charge is -2.21. The number of hydrogen-bond donors (Lipinski definition) is 2. The summed E-state index contributed by atoms with van der Waals surface area (Å²) >= 11 is 0. The zero-order valence-electron chi connectivity index (χ0n) is 11.2. The molecule has 5 heteroatoms. The fourth-order valence-corrected chi connectivity index (χ4v) is 1.77. The monoisotopic (exact) mass is 266 g/mol. The van der Waals surface area contributed by atoms with E-state index in [9.17, 15) is 14.0 Å². The maximum atomic E-state index is 13.4. The maximum Gasteiger partial charge on any atom is 0.240 e. The van der Waals surface area contributed by atoms with Crippen molar-refractivity contribution < 1.29 is 14.0 Å². The number of benzene rings is 1. The molecule has 0 radical (unpaired) electrons. The van der Waals surface area contributed by atoms with Crippen LogP contribution in [0.25, 0.3) is 0 Å². The molecule has 1 aromatic carbocycles. The highest BCUT2D eigenvalue weighted by Crippen LogP contribution is 2.10. The van der Waals surface area contributed by atoms with E-state index in [1.165, 1.54) is 12.1 Å². The summed E-state index contributed by atoms with van der Waals surface area (Å²) in [6, 6.07) is 5.33. The average Bonchev–Trinajstić information content (AvgIpc) is 2.37. The minimum atomic E-state index is -0.718. The van der Waals surface area contributed by atoms with Gasteiger partial charge in [-0.1, -0.05) is 38.5 Å². The lowest BCUT2D eigenvalue weighted by molar-refractivity contribution is -0.128. The van der Waals surface area contributed by atoms with Crippen molar-refractivity contribution in [3.05, 3.63) is 35.6 Å².